The Balaban J connectivity index is 0.000000155. The molecule has 12 aromatic rings. The molecule has 32 heteroatoms. The number of aryl methyl sites for hydroxylation is 4. The third-order valence-electron chi connectivity index (χ3n) is 22.8. The molecule has 4 aliphatic heterocycles. The number of benzene rings is 12. The molecule has 0 atom stereocenters. The maximum atomic E-state index is 14.4. The van der Waals surface area contributed by atoms with Gasteiger partial charge in [0.05, 0.1) is 79.3 Å². The van der Waals surface area contributed by atoms with Crippen LogP contribution in [0.1, 0.15) is 136 Å². The first-order valence-electron chi connectivity index (χ1n) is 44.8. The molecule has 0 saturated carbocycles. The van der Waals surface area contributed by atoms with Gasteiger partial charge in [0.2, 0.25) is 0 Å². The molecule has 0 bridgehead atoms. The molecule has 4 saturated heterocycles. The van der Waals surface area contributed by atoms with E-state index >= 15 is 0 Å². The molecular formula is C106H96F20O12. The zero-order valence-corrected chi connectivity index (χ0v) is 75.1. The van der Waals surface area contributed by atoms with Crippen molar-refractivity contribution in [2.45, 2.75) is 117 Å². The van der Waals surface area contributed by atoms with E-state index < -0.39 is 165 Å². The third-order valence-corrected chi connectivity index (χ3v) is 22.8. The van der Waals surface area contributed by atoms with Crippen LogP contribution >= 0.6 is 0 Å². The molecule has 12 aromatic carbocycles. The summed E-state index contributed by atoms with van der Waals surface area (Å²) in [6, 6.07) is 44.1. The van der Waals surface area contributed by atoms with Crippen LogP contribution in [0.15, 0.2) is 194 Å². The first kappa shape index (κ1) is 103. The van der Waals surface area contributed by atoms with Crippen molar-refractivity contribution in [1.82, 2.24) is 0 Å². The highest BCUT2D eigenvalue weighted by atomic mass is 19.2. The fourth-order valence-electron chi connectivity index (χ4n) is 15.2. The van der Waals surface area contributed by atoms with Crippen LogP contribution < -0.4 is 18.9 Å². The SMILES string of the molecule is CCCCCc1cc(F)c(OCC2COC(c3ccc(-c4cc(F)c(F)c(F)c4)cc3)OC2)c(F)c1.CCCCc1cc(F)c(OCC2COC(c3ccc(-c4cc(F)c(F)c(F)c4)cc3)OC2)c(F)c1.CCCc1cc(F)c(OCC2COC(c3ccc(-c4cc(F)c(F)c(F)c4)cc3)OC2)c(F)c1.CCc1cc(F)c(OCC2COC(c3ccc(-c4cc(F)c(F)c(F)c4)cc3)OC2)c(F)c1. The van der Waals surface area contributed by atoms with Crippen LogP contribution in [0.2, 0.25) is 0 Å². The Morgan fingerprint density at radius 1 is 0.210 bits per heavy atom. The van der Waals surface area contributed by atoms with Crippen LogP contribution in [0.3, 0.4) is 0 Å². The van der Waals surface area contributed by atoms with Gasteiger partial charge in [-0.1, -0.05) is 150 Å². The summed E-state index contributed by atoms with van der Waals surface area (Å²) in [5.41, 5.74) is 7.84. The molecule has 16 rings (SSSR count). The fourth-order valence-corrected chi connectivity index (χ4v) is 15.2. The maximum Gasteiger partial charge on any atom is 0.194 e. The predicted molar refractivity (Wildman–Crippen MR) is 472 cm³/mol. The summed E-state index contributed by atoms with van der Waals surface area (Å²) in [4.78, 5) is 0. The number of hydrogen-bond donors (Lipinski definition) is 0. The van der Waals surface area contributed by atoms with E-state index in [2.05, 4.69) is 6.92 Å². The molecule has 0 unspecified atom stereocenters. The predicted octanol–water partition coefficient (Wildman–Crippen LogP) is 27.7. The molecule has 138 heavy (non-hydrogen) atoms. The molecule has 4 heterocycles. The van der Waals surface area contributed by atoms with Crippen molar-refractivity contribution < 1.29 is 145 Å². The Morgan fingerprint density at radius 2 is 0.406 bits per heavy atom. The van der Waals surface area contributed by atoms with E-state index in [1.165, 1.54) is 48.5 Å². The van der Waals surface area contributed by atoms with E-state index in [0.717, 1.165) is 87.1 Å². The number of unbranched alkanes of at least 4 members (excludes halogenated alkanes) is 3. The number of ether oxygens (including phenoxy) is 12. The number of hydrogen-bond acceptors (Lipinski definition) is 12. The highest BCUT2D eigenvalue weighted by Gasteiger charge is 2.32. The maximum absolute atomic E-state index is 14.4. The lowest BCUT2D eigenvalue weighted by atomic mass is 10.0. The zero-order chi connectivity index (χ0) is 98.4. The van der Waals surface area contributed by atoms with Crippen molar-refractivity contribution in [2.24, 2.45) is 23.7 Å². The molecule has 12 nitrogen and oxygen atoms in total. The molecule has 0 radical (unpaired) electrons. The van der Waals surface area contributed by atoms with Crippen molar-refractivity contribution in [3.05, 3.63) is 355 Å². The summed E-state index contributed by atoms with van der Waals surface area (Å²) in [5, 5.41) is 0. The van der Waals surface area contributed by atoms with Gasteiger partial charge < -0.3 is 56.8 Å². The third kappa shape index (κ3) is 27.4. The van der Waals surface area contributed by atoms with Gasteiger partial charge in [0.15, 0.2) is 165 Å². The number of halogens is 20. The Kier molecular flexibility index (Phi) is 36.8. The van der Waals surface area contributed by atoms with E-state index in [0.29, 0.717) is 92.4 Å². The van der Waals surface area contributed by atoms with Gasteiger partial charge in [0.25, 0.3) is 0 Å². The van der Waals surface area contributed by atoms with Crippen molar-refractivity contribution >= 4 is 0 Å². The van der Waals surface area contributed by atoms with Crippen LogP contribution in [0.4, 0.5) is 87.8 Å². The Labute approximate surface area is 783 Å². The molecule has 0 aliphatic carbocycles. The molecule has 0 amide bonds. The monoisotopic (exact) mass is 1940 g/mol. The molecule has 4 aliphatic rings. The van der Waals surface area contributed by atoms with Crippen molar-refractivity contribution in [2.75, 3.05) is 79.3 Å². The summed E-state index contributed by atoms with van der Waals surface area (Å²) < 4.78 is 342. The van der Waals surface area contributed by atoms with Crippen LogP contribution in [0.5, 0.6) is 23.0 Å². The van der Waals surface area contributed by atoms with Crippen molar-refractivity contribution in [1.29, 1.82) is 0 Å². The van der Waals surface area contributed by atoms with Crippen LogP contribution in [0, 0.1) is 140 Å². The highest BCUT2D eigenvalue weighted by Crippen LogP contribution is 2.39. The summed E-state index contributed by atoms with van der Waals surface area (Å²) in [6.45, 7) is 9.89. The van der Waals surface area contributed by atoms with Gasteiger partial charge in [-0.3, -0.25) is 0 Å². The Morgan fingerprint density at radius 3 is 0.601 bits per heavy atom. The second-order valence-electron chi connectivity index (χ2n) is 33.4. The molecule has 0 spiro atoms. The molecule has 4 fully saturated rings. The van der Waals surface area contributed by atoms with Crippen molar-refractivity contribution in [3.8, 4) is 67.5 Å². The Bertz CT molecular complexity index is 5880. The minimum Gasteiger partial charge on any atom is -0.487 e. The van der Waals surface area contributed by atoms with Gasteiger partial charge in [-0.05, 0) is 202 Å². The van der Waals surface area contributed by atoms with Gasteiger partial charge in [0, 0.05) is 45.9 Å². The topological polar surface area (TPSA) is 111 Å². The average Bonchev–Trinajstić information content (AvgIpc) is 0.907. The van der Waals surface area contributed by atoms with Crippen LogP contribution in [-0.2, 0) is 63.6 Å². The average molecular weight is 1940 g/mol. The van der Waals surface area contributed by atoms with Gasteiger partial charge >= 0.3 is 0 Å². The molecule has 0 aromatic heterocycles. The molecule has 0 N–H and O–H groups in total. The summed E-state index contributed by atoms with van der Waals surface area (Å²) in [7, 11) is 0. The summed E-state index contributed by atoms with van der Waals surface area (Å²) in [5.74, 6) is -24.6. The normalized spacial score (nSPS) is 18.1. The largest absolute Gasteiger partial charge is 0.487 e. The standard InChI is InChI=1S/C28H27F5O3.C27H25F5O3.C26H23F5O3.C25H21F5O3/c1-2-3-4-5-17-10-24(31)27(25(32)11-17)34-14-18-15-35-28(36-16-18)20-8-6-19(7-9-20)21-12-22(29)26(33)23(30)13-21;1-2-3-4-16-9-23(30)26(24(31)10-16)33-13-17-14-34-27(35-15-17)19-7-5-18(6-8-19)20-11-21(28)25(32)22(29)12-20;1-2-3-15-8-22(29)25(23(30)9-15)32-12-16-13-33-26(34-14-16)18-6-4-17(5-7-18)19-10-20(27)24(31)21(28)11-19;1-2-14-7-21(28)24(22(29)8-14)31-11-15-12-32-25(33-13-15)17-5-3-16(4-6-17)18-9-19(26)23(30)20(27)10-18/h6-13,18,28H,2-5,14-16H2,1H3;5-12,17,27H,2-4,13-15H2,1H3;4-11,16,26H,2-3,12-14H2,1H3;3-10,15,25H,2,11-13H2,1H3. The Hall–Kier alpha value is -11.9. The summed E-state index contributed by atoms with van der Waals surface area (Å²) >= 11 is 0. The second kappa shape index (κ2) is 49.1. The van der Waals surface area contributed by atoms with Crippen molar-refractivity contribution in [3.63, 3.8) is 0 Å². The fraction of sp³-hybridized carbons (Fsp3) is 0.321. The van der Waals surface area contributed by atoms with Gasteiger partial charge in [-0.25, -0.2) is 87.8 Å². The van der Waals surface area contributed by atoms with E-state index in [4.69, 9.17) is 56.8 Å². The molecular weight excluding hydrogens is 1850 g/mol. The zero-order valence-electron chi connectivity index (χ0n) is 75.1. The summed E-state index contributed by atoms with van der Waals surface area (Å²) in [6.07, 6.45) is 5.10. The van der Waals surface area contributed by atoms with Crippen LogP contribution in [-0.4, -0.2) is 79.3 Å². The van der Waals surface area contributed by atoms with Gasteiger partial charge in [0.1, 0.15) is 0 Å². The minimum absolute atomic E-state index is 0.0205. The van der Waals surface area contributed by atoms with Gasteiger partial charge in [-0.15, -0.1) is 0 Å². The lowest BCUT2D eigenvalue weighted by molar-refractivity contribution is -0.208. The molecule has 732 valence electrons. The van der Waals surface area contributed by atoms with Gasteiger partial charge in [-0.2, -0.15) is 0 Å². The first-order chi connectivity index (χ1) is 66.4. The minimum atomic E-state index is -1.51. The van der Waals surface area contributed by atoms with E-state index in [1.807, 2.05) is 13.8 Å². The smallest absolute Gasteiger partial charge is 0.194 e. The number of rotatable bonds is 30. The lowest BCUT2D eigenvalue weighted by Crippen LogP contribution is -2.31. The van der Waals surface area contributed by atoms with Crippen LogP contribution in [0.25, 0.3) is 44.5 Å². The first-order valence-corrected chi connectivity index (χ1v) is 44.8. The quantitative estimate of drug-likeness (QED) is 0.0243. The van der Waals surface area contributed by atoms with E-state index in [9.17, 15) is 87.8 Å². The highest BCUT2D eigenvalue weighted by molar-refractivity contribution is 5.67. The lowest BCUT2D eigenvalue weighted by Gasteiger charge is -2.29. The second-order valence-corrected chi connectivity index (χ2v) is 33.4. The van der Waals surface area contributed by atoms with E-state index in [-0.39, 0.29) is 125 Å². The van der Waals surface area contributed by atoms with E-state index in [1.54, 1.807) is 104 Å².